The zero-order valence-electron chi connectivity index (χ0n) is 14.6. The number of aromatic nitrogens is 1. The molecule has 1 aromatic heterocycles. The summed E-state index contributed by atoms with van der Waals surface area (Å²) >= 11 is 0. The molecule has 1 unspecified atom stereocenters. The fraction of sp³-hybridized carbons (Fsp3) is 0.421. The second kappa shape index (κ2) is 5.72. The topological polar surface area (TPSA) is 75.4 Å². The second-order valence-electron chi connectivity index (χ2n) is 6.99. The van der Waals surface area contributed by atoms with Gasteiger partial charge in [0.15, 0.2) is 11.5 Å². The molecule has 0 radical (unpaired) electrons. The Bertz CT molecular complexity index is 867. The van der Waals surface area contributed by atoms with Gasteiger partial charge in [-0.3, -0.25) is 9.59 Å². The monoisotopic (exact) mass is 339 g/mol. The molecular formula is C19H21N3O3. The van der Waals surface area contributed by atoms with Crippen LogP contribution in [0.2, 0.25) is 0 Å². The second-order valence-corrected chi connectivity index (χ2v) is 6.99. The minimum atomic E-state index is -0.285. The molecule has 1 aliphatic carbocycles. The molecule has 2 aromatic rings. The quantitative estimate of drug-likeness (QED) is 0.929. The van der Waals surface area contributed by atoms with E-state index in [-0.39, 0.29) is 23.6 Å². The maximum Gasteiger partial charge on any atom is 0.273 e. The summed E-state index contributed by atoms with van der Waals surface area (Å²) in [6.45, 7) is 4.72. The Hall–Kier alpha value is -2.63. The average Bonchev–Trinajstić information content (AvgIpc) is 3.23. The number of aryl methyl sites for hydroxylation is 1. The summed E-state index contributed by atoms with van der Waals surface area (Å²) < 4.78 is 5.33. The summed E-state index contributed by atoms with van der Waals surface area (Å²) in [7, 11) is 1.55. The Balaban J connectivity index is 1.67. The van der Waals surface area contributed by atoms with Crippen LogP contribution in [0.3, 0.4) is 0 Å². The van der Waals surface area contributed by atoms with Gasteiger partial charge in [0, 0.05) is 36.8 Å². The molecule has 0 bridgehead atoms. The van der Waals surface area contributed by atoms with Crippen molar-refractivity contribution in [2.24, 2.45) is 5.92 Å². The number of nitrogens with zero attached hydrogens (tertiary/aromatic N) is 2. The van der Waals surface area contributed by atoms with Crippen LogP contribution in [0.1, 0.15) is 51.7 Å². The zero-order chi connectivity index (χ0) is 17.7. The Morgan fingerprint density at radius 3 is 2.80 bits per heavy atom. The zero-order valence-corrected chi connectivity index (χ0v) is 14.6. The normalized spacial score (nSPS) is 17.6. The van der Waals surface area contributed by atoms with E-state index in [1.165, 1.54) is 12.8 Å². The Morgan fingerprint density at radius 2 is 2.12 bits per heavy atom. The third kappa shape index (κ3) is 2.62. The first-order valence-corrected chi connectivity index (χ1v) is 8.63. The number of amides is 2. The molecule has 0 spiro atoms. The van der Waals surface area contributed by atoms with Crippen LogP contribution in [0.4, 0.5) is 0 Å². The molecule has 1 saturated carbocycles. The Morgan fingerprint density at radius 1 is 1.36 bits per heavy atom. The lowest BCUT2D eigenvalue weighted by atomic mass is 9.99. The van der Waals surface area contributed by atoms with E-state index in [2.05, 4.69) is 17.4 Å². The van der Waals surface area contributed by atoms with Gasteiger partial charge in [-0.15, -0.1) is 0 Å². The number of hydrogen-bond donors (Lipinski definition) is 1. The largest absolute Gasteiger partial charge is 0.355 e. The first-order valence-electron chi connectivity index (χ1n) is 8.63. The van der Waals surface area contributed by atoms with Gasteiger partial charge in [-0.1, -0.05) is 5.16 Å². The number of benzene rings is 1. The Kier molecular flexibility index (Phi) is 3.63. The van der Waals surface area contributed by atoms with E-state index in [4.69, 9.17) is 4.52 Å². The summed E-state index contributed by atoms with van der Waals surface area (Å²) in [5, 5.41) is 6.34. The van der Waals surface area contributed by atoms with Crippen LogP contribution in [0.15, 0.2) is 22.7 Å². The van der Waals surface area contributed by atoms with Crippen LogP contribution < -0.4 is 5.32 Å². The van der Waals surface area contributed by atoms with E-state index in [9.17, 15) is 9.59 Å². The molecule has 2 heterocycles. The van der Waals surface area contributed by atoms with Crippen molar-refractivity contribution >= 4 is 11.8 Å². The molecule has 6 nitrogen and oxygen atoms in total. The molecule has 2 amide bonds. The third-order valence-corrected chi connectivity index (χ3v) is 5.28. The number of rotatable bonds is 4. The van der Waals surface area contributed by atoms with Crippen LogP contribution in [0, 0.1) is 12.8 Å². The summed E-state index contributed by atoms with van der Waals surface area (Å²) in [6.07, 6.45) is 2.43. The van der Waals surface area contributed by atoms with Crippen LogP contribution in [0.5, 0.6) is 0 Å². The van der Waals surface area contributed by atoms with Crippen LogP contribution in [-0.2, 0) is 6.54 Å². The molecule has 130 valence electrons. The van der Waals surface area contributed by atoms with E-state index >= 15 is 0 Å². The number of nitrogens with one attached hydrogen (secondary N) is 1. The van der Waals surface area contributed by atoms with E-state index < -0.39 is 0 Å². The molecule has 6 heteroatoms. The van der Waals surface area contributed by atoms with Gasteiger partial charge in [-0.2, -0.15) is 0 Å². The fourth-order valence-corrected chi connectivity index (χ4v) is 3.64. The minimum Gasteiger partial charge on any atom is -0.355 e. The smallest absolute Gasteiger partial charge is 0.273 e. The summed E-state index contributed by atoms with van der Waals surface area (Å²) in [4.78, 5) is 26.4. The van der Waals surface area contributed by atoms with Crippen molar-refractivity contribution in [3.8, 4) is 11.3 Å². The number of hydrogen-bond acceptors (Lipinski definition) is 4. The highest BCUT2D eigenvalue weighted by Crippen LogP contribution is 2.39. The molecule has 1 aliphatic heterocycles. The van der Waals surface area contributed by atoms with Gasteiger partial charge in [0.1, 0.15) is 0 Å². The maximum atomic E-state index is 12.8. The van der Waals surface area contributed by atoms with Crippen LogP contribution in [-0.4, -0.2) is 35.0 Å². The highest BCUT2D eigenvalue weighted by atomic mass is 16.5. The van der Waals surface area contributed by atoms with Gasteiger partial charge < -0.3 is 14.7 Å². The highest BCUT2D eigenvalue weighted by molar-refractivity contribution is 6.00. The Labute approximate surface area is 146 Å². The predicted molar refractivity (Wildman–Crippen MR) is 92.1 cm³/mol. The van der Waals surface area contributed by atoms with Gasteiger partial charge in [-0.05, 0) is 55.9 Å². The van der Waals surface area contributed by atoms with Crippen molar-refractivity contribution in [1.82, 2.24) is 15.4 Å². The van der Waals surface area contributed by atoms with Crippen molar-refractivity contribution in [2.75, 3.05) is 7.05 Å². The molecule has 25 heavy (non-hydrogen) atoms. The third-order valence-electron chi connectivity index (χ3n) is 5.28. The molecular weight excluding hydrogens is 318 g/mol. The van der Waals surface area contributed by atoms with Gasteiger partial charge in [0.2, 0.25) is 0 Å². The van der Waals surface area contributed by atoms with Crippen molar-refractivity contribution in [3.05, 3.63) is 40.6 Å². The van der Waals surface area contributed by atoms with Crippen molar-refractivity contribution < 1.29 is 14.1 Å². The van der Waals surface area contributed by atoms with Crippen molar-refractivity contribution in [3.63, 3.8) is 0 Å². The highest BCUT2D eigenvalue weighted by Gasteiger charge is 2.39. The lowest BCUT2D eigenvalue weighted by Crippen LogP contribution is -2.34. The minimum absolute atomic E-state index is 0.127. The standard InChI is InChI=1S/C19H21N3O3/c1-10-6-13(16-8-15(21-25-16)18(23)20-3)7-14-9-22(19(24)17(10)14)11(2)12-4-5-12/h6-8,11-12H,4-5,9H2,1-3H3,(H,20,23). The average molecular weight is 339 g/mol. The lowest BCUT2D eigenvalue weighted by molar-refractivity contribution is 0.0697. The first kappa shape index (κ1) is 15.9. The molecule has 1 aromatic carbocycles. The van der Waals surface area contributed by atoms with Gasteiger partial charge >= 0.3 is 0 Å². The summed E-state index contributed by atoms with van der Waals surface area (Å²) in [5.74, 6) is 1.02. The predicted octanol–water partition coefficient (Wildman–Crippen LogP) is 2.76. The van der Waals surface area contributed by atoms with Gasteiger partial charge in [0.05, 0.1) is 0 Å². The molecule has 1 fully saturated rings. The number of carbonyl (C=O) groups is 2. The van der Waals surface area contributed by atoms with Crippen LogP contribution in [0.25, 0.3) is 11.3 Å². The molecule has 2 aliphatic rings. The van der Waals surface area contributed by atoms with E-state index in [1.54, 1.807) is 13.1 Å². The first-order chi connectivity index (χ1) is 12.0. The summed E-state index contributed by atoms with van der Waals surface area (Å²) in [6, 6.07) is 5.82. The number of carbonyl (C=O) groups excluding carboxylic acids is 2. The molecule has 0 saturated heterocycles. The van der Waals surface area contributed by atoms with E-state index in [0.717, 1.165) is 22.3 Å². The van der Waals surface area contributed by atoms with Crippen molar-refractivity contribution in [1.29, 1.82) is 0 Å². The maximum absolute atomic E-state index is 12.8. The van der Waals surface area contributed by atoms with Crippen LogP contribution >= 0.6 is 0 Å². The van der Waals surface area contributed by atoms with E-state index in [0.29, 0.717) is 18.2 Å². The van der Waals surface area contributed by atoms with Gasteiger partial charge in [-0.25, -0.2) is 0 Å². The lowest BCUT2D eigenvalue weighted by Gasteiger charge is -2.24. The number of fused-ring (bicyclic) bond motifs is 1. The molecule has 1 atom stereocenters. The van der Waals surface area contributed by atoms with Crippen molar-refractivity contribution in [2.45, 2.75) is 39.3 Å². The summed E-state index contributed by atoms with van der Waals surface area (Å²) in [5.41, 5.74) is 3.84. The van der Waals surface area contributed by atoms with Gasteiger partial charge in [0.25, 0.3) is 11.8 Å². The molecule has 1 N–H and O–H groups in total. The van der Waals surface area contributed by atoms with E-state index in [1.807, 2.05) is 24.0 Å². The SMILES string of the molecule is CNC(=O)c1cc(-c2cc(C)c3c(c2)CN(C(C)C2CC2)C3=O)on1. The fourth-order valence-electron chi connectivity index (χ4n) is 3.64. The molecule has 4 rings (SSSR count).